The van der Waals surface area contributed by atoms with E-state index in [1.807, 2.05) is 54.0 Å². The van der Waals surface area contributed by atoms with Gasteiger partial charge in [-0.15, -0.1) is 0 Å². The predicted molar refractivity (Wildman–Crippen MR) is 131 cm³/mol. The molecule has 2 bridgehead atoms. The van der Waals surface area contributed by atoms with E-state index in [-0.39, 0.29) is 17.2 Å². The van der Waals surface area contributed by atoms with Crippen LogP contribution in [0, 0.1) is 12.8 Å². The van der Waals surface area contributed by atoms with Gasteiger partial charge in [-0.3, -0.25) is 9.69 Å². The molecular weight excluding hydrogens is 428 g/mol. The minimum atomic E-state index is -0.396. The Bertz CT molecular complexity index is 1520. The van der Waals surface area contributed by atoms with Crippen molar-refractivity contribution >= 4 is 11.0 Å². The van der Waals surface area contributed by atoms with Crippen molar-refractivity contribution in [2.24, 2.45) is 5.92 Å². The fraction of sp³-hybridized carbons (Fsp3) is 0.286. The summed E-state index contributed by atoms with van der Waals surface area (Å²) in [6, 6.07) is 18.6. The van der Waals surface area contributed by atoms with Crippen molar-refractivity contribution in [2.45, 2.75) is 32.4 Å². The summed E-state index contributed by atoms with van der Waals surface area (Å²) in [5, 5.41) is 11.6. The number of fused-ring (bicyclic) bond motifs is 5. The van der Waals surface area contributed by atoms with Crippen LogP contribution in [0.2, 0.25) is 0 Å². The van der Waals surface area contributed by atoms with Gasteiger partial charge in [0.2, 0.25) is 0 Å². The molecule has 0 spiro atoms. The molecule has 0 amide bonds. The zero-order chi connectivity index (χ0) is 23.4. The number of rotatable bonds is 3. The van der Waals surface area contributed by atoms with Crippen molar-refractivity contribution < 1.29 is 9.52 Å². The molecule has 2 aliphatic heterocycles. The lowest BCUT2D eigenvalue weighted by Gasteiger charge is -2.42. The maximum Gasteiger partial charge on any atom is 0.344 e. The topological polar surface area (TPSA) is 75.7 Å². The largest absolute Gasteiger partial charge is 0.507 e. The first kappa shape index (κ1) is 20.9. The quantitative estimate of drug-likeness (QED) is 0.468. The van der Waals surface area contributed by atoms with Crippen LogP contribution in [0.5, 0.6) is 5.75 Å². The third-order valence-corrected chi connectivity index (χ3v) is 7.41. The monoisotopic (exact) mass is 454 g/mol. The Labute approximate surface area is 196 Å². The molecule has 34 heavy (non-hydrogen) atoms. The summed E-state index contributed by atoms with van der Waals surface area (Å²) in [5.74, 6) is 0.786. The molecule has 2 aromatic heterocycles. The van der Waals surface area contributed by atoms with Crippen LogP contribution in [-0.2, 0) is 13.1 Å². The number of nitrogens with zero attached hydrogens (tertiary/aromatic N) is 2. The van der Waals surface area contributed by atoms with E-state index < -0.39 is 5.63 Å². The highest BCUT2D eigenvalue weighted by molar-refractivity contribution is 5.89. The fourth-order valence-corrected chi connectivity index (χ4v) is 5.90. The maximum absolute atomic E-state index is 13.0. The van der Waals surface area contributed by atoms with E-state index in [0.717, 1.165) is 48.3 Å². The molecule has 1 N–H and O–H groups in total. The number of aryl methyl sites for hydroxylation is 1. The molecule has 6 heteroatoms. The molecule has 1 saturated heterocycles. The third kappa shape index (κ3) is 3.37. The average Bonchev–Trinajstić information content (AvgIpc) is 2.82. The second-order valence-corrected chi connectivity index (χ2v) is 9.59. The van der Waals surface area contributed by atoms with Gasteiger partial charge in [0.05, 0.1) is 11.1 Å². The summed E-state index contributed by atoms with van der Waals surface area (Å²) in [7, 11) is 0. The van der Waals surface area contributed by atoms with E-state index >= 15 is 0 Å². The van der Waals surface area contributed by atoms with Crippen molar-refractivity contribution in [1.82, 2.24) is 9.47 Å². The zero-order valence-electron chi connectivity index (χ0n) is 19.0. The summed E-state index contributed by atoms with van der Waals surface area (Å²) in [6.07, 6.45) is 1.07. The molecule has 2 aliphatic rings. The van der Waals surface area contributed by atoms with Crippen LogP contribution >= 0.6 is 0 Å². The highest BCUT2D eigenvalue weighted by Crippen LogP contribution is 2.38. The van der Waals surface area contributed by atoms with Crippen LogP contribution in [0.15, 0.2) is 74.7 Å². The Morgan fingerprint density at radius 3 is 2.62 bits per heavy atom. The molecule has 2 unspecified atom stereocenters. The van der Waals surface area contributed by atoms with Crippen LogP contribution in [0.3, 0.4) is 0 Å². The van der Waals surface area contributed by atoms with Gasteiger partial charge < -0.3 is 14.1 Å². The number of aromatic nitrogens is 1. The van der Waals surface area contributed by atoms with Crippen molar-refractivity contribution in [2.75, 3.05) is 13.1 Å². The SMILES string of the molecule is Cc1c(-c2ccccc2)c(=O)oc2c(CN3CC4CC(C3)c3cccc(=O)n3C4)c(O)ccc12. The minimum absolute atomic E-state index is 0.0684. The highest BCUT2D eigenvalue weighted by Gasteiger charge is 2.35. The summed E-state index contributed by atoms with van der Waals surface area (Å²) < 4.78 is 7.78. The van der Waals surface area contributed by atoms with Crippen molar-refractivity contribution in [1.29, 1.82) is 0 Å². The smallest absolute Gasteiger partial charge is 0.344 e. The Morgan fingerprint density at radius 2 is 1.79 bits per heavy atom. The highest BCUT2D eigenvalue weighted by atomic mass is 16.4. The average molecular weight is 455 g/mol. The predicted octanol–water partition coefficient (Wildman–Crippen LogP) is 4.26. The molecule has 0 aliphatic carbocycles. The van der Waals surface area contributed by atoms with Gasteiger partial charge in [-0.05, 0) is 48.6 Å². The lowest BCUT2D eigenvalue weighted by atomic mass is 9.83. The Morgan fingerprint density at radius 1 is 0.971 bits per heavy atom. The number of hydrogen-bond acceptors (Lipinski definition) is 5. The Balaban J connectivity index is 1.39. The van der Waals surface area contributed by atoms with Crippen molar-refractivity contribution in [3.63, 3.8) is 0 Å². The number of pyridine rings is 1. The first-order valence-electron chi connectivity index (χ1n) is 11.8. The number of likely N-dealkylation sites (tertiary alicyclic amines) is 1. The number of aromatic hydroxyl groups is 1. The lowest BCUT2D eigenvalue weighted by Crippen LogP contribution is -2.46. The number of phenolic OH excluding ortho intramolecular Hbond substituents is 1. The van der Waals surface area contributed by atoms with Crippen molar-refractivity contribution in [3.8, 4) is 16.9 Å². The zero-order valence-corrected chi connectivity index (χ0v) is 19.0. The fourth-order valence-electron chi connectivity index (χ4n) is 5.90. The van der Waals surface area contributed by atoms with Crippen LogP contribution in [0.1, 0.15) is 29.2 Å². The maximum atomic E-state index is 13.0. The van der Waals surface area contributed by atoms with Gasteiger partial charge in [0.25, 0.3) is 5.56 Å². The van der Waals surface area contributed by atoms with Gasteiger partial charge >= 0.3 is 5.63 Å². The van der Waals surface area contributed by atoms with Crippen LogP contribution < -0.4 is 11.2 Å². The number of hydrogen-bond donors (Lipinski definition) is 1. The molecule has 1 fully saturated rings. The molecule has 2 aromatic carbocycles. The summed E-state index contributed by atoms with van der Waals surface area (Å²) >= 11 is 0. The van der Waals surface area contributed by atoms with E-state index in [9.17, 15) is 14.7 Å². The summed E-state index contributed by atoms with van der Waals surface area (Å²) in [6.45, 7) is 4.76. The van der Waals surface area contributed by atoms with Crippen molar-refractivity contribution in [3.05, 3.63) is 98.3 Å². The minimum Gasteiger partial charge on any atom is -0.507 e. The Kier molecular flexibility index (Phi) is 4.92. The molecule has 0 radical (unpaired) electrons. The summed E-state index contributed by atoms with van der Waals surface area (Å²) in [5.41, 5.74) is 4.08. The standard InChI is InChI=1S/C28H26N2O4/c1-17-21-10-11-24(31)22(27(21)34-28(33)26(17)19-6-3-2-4-7-19)16-29-13-18-12-20(15-29)23-8-5-9-25(32)30(23)14-18/h2-11,18,20,31H,12-16H2,1H3. The second kappa shape index (κ2) is 7.99. The van der Waals surface area contributed by atoms with E-state index in [0.29, 0.717) is 29.2 Å². The first-order valence-corrected chi connectivity index (χ1v) is 11.8. The van der Waals surface area contributed by atoms with Gasteiger partial charge in [0.1, 0.15) is 11.3 Å². The van der Waals surface area contributed by atoms with E-state index in [1.54, 1.807) is 12.1 Å². The third-order valence-electron chi connectivity index (χ3n) is 7.41. The molecule has 172 valence electrons. The number of phenols is 1. The van der Waals surface area contributed by atoms with E-state index in [1.165, 1.54) is 0 Å². The first-order chi connectivity index (χ1) is 16.5. The molecule has 6 nitrogen and oxygen atoms in total. The van der Waals surface area contributed by atoms with Crippen LogP contribution in [-0.4, -0.2) is 27.7 Å². The Hall–Kier alpha value is -3.64. The van der Waals surface area contributed by atoms with Gasteiger partial charge in [0, 0.05) is 49.2 Å². The number of piperidine rings is 1. The van der Waals surface area contributed by atoms with Gasteiger partial charge in [-0.25, -0.2) is 4.79 Å². The van der Waals surface area contributed by atoms with E-state index in [4.69, 9.17) is 4.42 Å². The number of benzene rings is 2. The molecule has 4 heterocycles. The lowest BCUT2D eigenvalue weighted by molar-refractivity contribution is 0.113. The van der Waals surface area contributed by atoms with Gasteiger partial charge in [-0.1, -0.05) is 36.4 Å². The molecular formula is C28H26N2O4. The molecule has 6 rings (SSSR count). The second-order valence-electron chi connectivity index (χ2n) is 9.59. The van der Waals surface area contributed by atoms with Gasteiger partial charge in [-0.2, -0.15) is 0 Å². The van der Waals surface area contributed by atoms with Gasteiger partial charge in [0.15, 0.2) is 0 Å². The molecule has 2 atom stereocenters. The van der Waals surface area contributed by atoms with E-state index in [2.05, 4.69) is 11.0 Å². The van der Waals surface area contributed by atoms with Crippen LogP contribution in [0.25, 0.3) is 22.1 Å². The van der Waals surface area contributed by atoms with Crippen LogP contribution in [0.4, 0.5) is 0 Å². The molecule has 4 aromatic rings. The molecule has 0 saturated carbocycles. The normalized spacial score (nSPS) is 19.8. The summed E-state index contributed by atoms with van der Waals surface area (Å²) in [4.78, 5) is 27.7.